The van der Waals surface area contributed by atoms with Crippen LogP contribution in [0.25, 0.3) is 21.7 Å². The fourth-order valence-electron chi connectivity index (χ4n) is 6.28. The topological polar surface area (TPSA) is 110 Å². The third-order valence-corrected chi connectivity index (χ3v) is 8.55. The summed E-state index contributed by atoms with van der Waals surface area (Å²) in [7, 11) is 0. The number of carbonyl (C=O) groups excluding carboxylic acids is 2. The number of aromatic nitrogens is 1. The number of carboxylic acid groups (broad SMARTS) is 1. The number of hydrogen-bond acceptors (Lipinski definition) is 5. The molecular formula is C34H37N3O6. The summed E-state index contributed by atoms with van der Waals surface area (Å²) >= 11 is 0. The molecule has 2 amide bonds. The van der Waals surface area contributed by atoms with Gasteiger partial charge >= 0.3 is 5.97 Å². The summed E-state index contributed by atoms with van der Waals surface area (Å²) in [6.07, 6.45) is 4.32. The summed E-state index contributed by atoms with van der Waals surface area (Å²) in [6, 6.07) is 19.6. The zero-order valence-corrected chi connectivity index (χ0v) is 24.2. The summed E-state index contributed by atoms with van der Waals surface area (Å²) in [6.45, 7) is 2.42. The van der Waals surface area contributed by atoms with Crippen molar-refractivity contribution < 1.29 is 29.0 Å². The maximum atomic E-state index is 14.2. The van der Waals surface area contributed by atoms with Gasteiger partial charge in [-0.2, -0.15) is 0 Å². The third-order valence-electron chi connectivity index (χ3n) is 8.55. The first-order valence-electron chi connectivity index (χ1n) is 15.1. The molecule has 0 spiro atoms. The molecule has 9 nitrogen and oxygen atoms in total. The Morgan fingerprint density at radius 3 is 2.49 bits per heavy atom. The molecule has 1 saturated carbocycles. The van der Waals surface area contributed by atoms with Gasteiger partial charge in [0.05, 0.1) is 24.5 Å². The van der Waals surface area contributed by atoms with Gasteiger partial charge in [-0.3, -0.25) is 14.4 Å². The largest absolute Gasteiger partial charge is 0.487 e. The Hall–Kier alpha value is -4.37. The number of benzene rings is 3. The Balaban J connectivity index is 1.40. The van der Waals surface area contributed by atoms with Crippen LogP contribution >= 0.6 is 0 Å². The first-order chi connectivity index (χ1) is 21.0. The highest BCUT2D eigenvalue weighted by Crippen LogP contribution is 2.33. The molecule has 1 aliphatic heterocycles. The lowest BCUT2D eigenvalue weighted by Crippen LogP contribution is -2.41. The molecule has 1 aliphatic carbocycles. The zero-order chi connectivity index (χ0) is 29.8. The van der Waals surface area contributed by atoms with E-state index < -0.39 is 5.97 Å². The SMILES string of the molecule is O=C(O)CCCn1c(COc2ccc3ccccc3c2)c(C(=O)N2CCOCC2)c2cc(NC(=O)C3CCCC3)ccc21. The van der Waals surface area contributed by atoms with Gasteiger partial charge in [-0.25, -0.2) is 0 Å². The number of carboxylic acids is 1. The summed E-state index contributed by atoms with van der Waals surface area (Å²) in [4.78, 5) is 40.3. The number of rotatable bonds is 10. The van der Waals surface area contributed by atoms with E-state index in [-0.39, 0.29) is 30.8 Å². The number of morpholine rings is 1. The van der Waals surface area contributed by atoms with Crippen LogP contribution in [0.5, 0.6) is 5.75 Å². The fourth-order valence-corrected chi connectivity index (χ4v) is 6.28. The quantitative estimate of drug-likeness (QED) is 0.243. The Bertz CT molecular complexity index is 1650. The molecule has 9 heteroatoms. The maximum absolute atomic E-state index is 14.2. The number of aryl methyl sites for hydroxylation is 1. The Labute approximate surface area is 250 Å². The Morgan fingerprint density at radius 2 is 1.72 bits per heavy atom. The Morgan fingerprint density at radius 1 is 0.953 bits per heavy atom. The first-order valence-corrected chi connectivity index (χ1v) is 15.1. The minimum atomic E-state index is -0.869. The number of hydrogen-bond donors (Lipinski definition) is 2. The van der Waals surface area contributed by atoms with Gasteiger partial charge in [-0.15, -0.1) is 0 Å². The second kappa shape index (κ2) is 12.9. The number of anilines is 1. The van der Waals surface area contributed by atoms with Crippen molar-refractivity contribution in [2.75, 3.05) is 31.6 Å². The van der Waals surface area contributed by atoms with E-state index in [1.807, 2.05) is 65.2 Å². The van der Waals surface area contributed by atoms with Crippen LogP contribution < -0.4 is 10.1 Å². The second-order valence-corrected chi connectivity index (χ2v) is 11.4. The molecule has 2 heterocycles. The normalized spacial score (nSPS) is 15.7. The smallest absolute Gasteiger partial charge is 0.303 e. The molecule has 43 heavy (non-hydrogen) atoms. The van der Waals surface area contributed by atoms with Gasteiger partial charge < -0.3 is 29.4 Å². The van der Waals surface area contributed by atoms with Crippen molar-refractivity contribution in [3.05, 3.63) is 71.9 Å². The number of ether oxygens (including phenoxy) is 2. The van der Waals surface area contributed by atoms with Crippen molar-refractivity contribution in [1.82, 2.24) is 9.47 Å². The highest BCUT2D eigenvalue weighted by Gasteiger charge is 2.29. The van der Waals surface area contributed by atoms with Gasteiger partial charge in [0.2, 0.25) is 5.91 Å². The van der Waals surface area contributed by atoms with Crippen LogP contribution in [-0.2, 0) is 27.5 Å². The predicted octanol–water partition coefficient (Wildman–Crippen LogP) is 5.84. The lowest BCUT2D eigenvalue weighted by molar-refractivity contribution is -0.137. The molecule has 1 saturated heterocycles. The molecular weight excluding hydrogens is 546 g/mol. The van der Waals surface area contributed by atoms with Gasteiger partial charge in [0.25, 0.3) is 5.91 Å². The molecule has 0 atom stereocenters. The zero-order valence-electron chi connectivity index (χ0n) is 24.2. The molecule has 0 unspecified atom stereocenters. The van der Waals surface area contributed by atoms with E-state index in [1.54, 1.807) is 4.90 Å². The fraction of sp³-hybridized carbons (Fsp3) is 0.382. The van der Waals surface area contributed by atoms with Gasteiger partial charge in [0.1, 0.15) is 12.4 Å². The number of nitrogens with zero attached hydrogens (tertiary/aromatic N) is 2. The summed E-state index contributed by atoms with van der Waals surface area (Å²) in [5, 5.41) is 15.3. The molecule has 224 valence electrons. The van der Waals surface area contributed by atoms with E-state index in [9.17, 15) is 19.5 Å². The minimum Gasteiger partial charge on any atom is -0.487 e. The average molecular weight is 584 g/mol. The van der Waals surface area contributed by atoms with Crippen LogP contribution in [0, 0.1) is 5.92 Å². The van der Waals surface area contributed by atoms with Crippen LogP contribution in [0.2, 0.25) is 0 Å². The van der Waals surface area contributed by atoms with E-state index >= 15 is 0 Å². The molecule has 0 radical (unpaired) electrons. The molecule has 3 aromatic carbocycles. The summed E-state index contributed by atoms with van der Waals surface area (Å²) < 4.78 is 13.9. The van der Waals surface area contributed by atoms with Crippen molar-refractivity contribution >= 4 is 45.1 Å². The van der Waals surface area contributed by atoms with Crippen molar-refractivity contribution in [3.63, 3.8) is 0 Å². The van der Waals surface area contributed by atoms with Gasteiger partial charge in [-0.1, -0.05) is 43.2 Å². The van der Waals surface area contributed by atoms with Crippen LogP contribution in [0.1, 0.15) is 54.6 Å². The first kappa shape index (κ1) is 28.7. The van der Waals surface area contributed by atoms with Gasteiger partial charge in [-0.05, 0) is 60.4 Å². The van der Waals surface area contributed by atoms with Gasteiger partial charge in [0.15, 0.2) is 0 Å². The molecule has 2 N–H and O–H groups in total. The lowest BCUT2D eigenvalue weighted by atomic mass is 10.1. The van der Waals surface area contributed by atoms with Crippen LogP contribution in [-0.4, -0.2) is 58.7 Å². The Kier molecular flexibility index (Phi) is 8.60. The molecule has 4 aromatic rings. The average Bonchev–Trinajstić information content (AvgIpc) is 3.67. The molecule has 2 aliphatic rings. The van der Waals surface area contributed by atoms with E-state index in [2.05, 4.69) is 5.32 Å². The van der Waals surface area contributed by atoms with Crippen molar-refractivity contribution in [3.8, 4) is 5.75 Å². The number of fused-ring (bicyclic) bond motifs is 2. The summed E-state index contributed by atoms with van der Waals surface area (Å²) in [5.74, 6) is -0.292. The van der Waals surface area contributed by atoms with E-state index in [1.165, 1.54) is 0 Å². The monoisotopic (exact) mass is 583 g/mol. The van der Waals surface area contributed by atoms with Crippen molar-refractivity contribution in [2.24, 2.45) is 5.92 Å². The highest BCUT2D eigenvalue weighted by atomic mass is 16.5. The van der Waals surface area contributed by atoms with E-state index in [4.69, 9.17) is 9.47 Å². The van der Waals surface area contributed by atoms with E-state index in [0.717, 1.165) is 42.0 Å². The minimum absolute atomic E-state index is 0.00686. The number of amides is 2. The third kappa shape index (κ3) is 6.37. The van der Waals surface area contributed by atoms with Crippen LogP contribution in [0.3, 0.4) is 0 Å². The number of nitrogens with one attached hydrogen (secondary N) is 1. The van der Waals surface area contributed by atoms with Gasteiger partial charge in [0, 0.05) is 48.6 Å². The number of carbonyl (C=O) groups is 3. The molecule has 2 fully saturated rings. The van der Waals surface area contributed by atoms with Crippen molar-refractivity contribution in [2.45, 2.75) is 51.7 Å². The van der Waals surface area contributed by atoms with Crippen LogP contribution in [0.15, 0.2) is 60.7 Å². The van der Waals surface area contributed by atoms with E-state index in [0.29, 0.717) is 67.3 Å². The predicted molar refractivity (Wildman–Crippen MR) is 164 cm³/mol. The standard InChI is InChI=1S/C34H37N3O6/c38-31(39)10-5-15-37-29-14-12-26(35-33(40)24-7-2-3-8-24)21-28(29)32(34(41)36-16-18-42-19-17-36)30(37)22-43-27-13-11-23-6-1-4-9-25(23)20-27/h1,4,6,9,11-14,20-21,24H,2-3,5,7-8,10,15-19,22H2,(H,35,40)(H,38,39). The molecule has 0 bridgehead atoms. The summed E-state index contributed by atoms with van der Waals surface area (Å²) in [5.41, 5.74) is 2.65. The second-order valence-electron chi connectivity index (χ2n) is 11.4. The van der Waals surface area contributed by atoms with Crippen LogP contribution in [0.4, 0.5) is 5.69 Å². The maximum Gasteiger partial charge on any atom is 0.303 e. The highest BCUT2D eigenvalue weighted by molar-refractivity contribution is 6.10. The molecule has 1 aromatic heterocycles. The lowest BCUT2D eigenvalue weighted by Gasteiger charge is -2.27. The van der Waals surface area contributed by atoms with Crippen molar-refractivity contribution in [1.29, 1.82) is 0 Å². The molecule has 6 rings (SSSR count). The number of aliphatic carboxylic acids is 1.